The van der Waals surface area contributed by atoms with Crippen LogP contribution in [0.25, 0.3) is 10.8 Å². The molecule has 0 saturated heterocycles. The zero-order chi connectivity index (χ0) is 17.4. The molecule has 0 atom stereocenters. The van der Waals surface area contributed by atoms with Crippen LogP contribution in [0.1, 0.15) is 0 Å². The number of carbonyl (C=O) groups is 1. The highest BCUT2D eigenvalue weighted by molar-refractivity contribution is 7.86. The van der Waals surface area contributed by atoms with Gasteiger partial charge >= 0.3 is 0 Å². The third kappa shape index (κ3) is 3.96. The SMILES string of the molecule is NC(=O)COc1cc(S(=O)(=O)O)cc2cc(S(=O)(=O)[O-])ccc12. The zero-order valence-electron chi connectivity index (χ0n) is 11.3. The predicted octanol–water partition coefficient (Wildman–Crippen LogP) is -0.145. The molecule has 11 heteroatoms. The van der Waals surface area contributed by atoms with Gasteiger partial charge in [-0.1, -0.05) is 0 Å². The molecular formula is C12H10NO8S2-. The van der Waals surface area contributed by atoms with Gasteiger partial charge in [-0.05, 0) is 29.7 Å². The van der Waals surface area contributed by atoms with E-state index in [4.69, 9.17) is 15.0 Å². The summed E-state index contributed by atoms with van der Waals surface area (Å²) in [5, 5.41) is 0.238. The topological polar surface area (TPSA) is 164 Å². The summed E-state index contributed by atoms with van der Waals surface area (Å²) in [5.74, 6) is -0.946. The summed E-state index contributed by atoms with van der Waals surface area (Å²) < 4.78 is 69.9. The lowest BCUT2D eigenvalue weighted by Crippen LogP contribution is -2.20. The van der Waals surface area contributed by atoms with E-state index in [2.05, 4.69) is 0 Å². The average Bonchev–Trinajstić information content (AvgIpc) is 2.41. The standard InChI is InChI=1S/C12H11NO8S2/c13-12(14)6-21-11-5-9(23(18,19)20)4-7-3-8(22(15,16)17)1-2-10(7)11/h1-5H,6H2,(H2,13,14)(H,15,16,17)(H,18,19,20)/p-1. The van der Waals surface area contributed by atoms with E-state index in [1.807, 2.05) is 0 Å². The zero-order valence-corrected chi connectivity index (χ0v) is 12.9. The Hall–Kier alpha value is -2.21. The quantitative estimate of drug-likeness (QED) is 0.695. The number of nitrogens with two attached hydrogens (primary N) is 1. The minimum atomic E-state index is -4.76. The molecule has 1 amide bonds. The molecule has 0 saturated carbocycles. The molecule has 0 unspecified atom stereocenters. The van der Waals surface area contributed by atoms with Crippen molar-refractivity contribution in [3.05, 3.63) is 30.3 Å². The van der Waals surface area contributed by atoms with Crippen molar-refractivity contribution in [2.75, 3.05) is 6.61 Å². The molecule has 3 N–H and O–H groups in total. The van der Waals surface area contributed by atoms with Crippen molar-refractivity contribution in [2.24, 2.45) is 5.73 Å². The summed E-state index contributed by atoms with van der Waals surface area (Å²) >= 11 is 0. The normalized spacial score (nSPS) is 12.3. The van der Waals surface area contributed by atoms with Gasteiger partial charge < -0.3 is 15.0 Å². The van der Waals surface area contributed by atoms with Gasteiger partial charge in [-0.25, -0.2) is 8.42 Å². The Balaban J connectivity index is 2.75. The van der Waals surface area contributed by atoms with Gasteiger partial charge in [-0.15, -0.1) is 0 Å². The molecule has 2 aromatic rings. The molecule has 23 heavy (non-hydrogen) atoms. The Bertz CT molecular complexity index is 990. The Morgan fingerprint density at radius 3 is 2.26 bits per heavy atom. The van der Waals surface area contributed by atoms with Gasteiger partial charge in [0, 0.05) is 11.5 Å². The molecule has 0 radical (unpaired) electrons. The van der Waals surface area contributed by atoms with E-state index < -0.39 is 42.5 Å². The summed E-state index contributed by atoms with van der Waals surface area (Å²) in [5.41, 5.74) is 4.94. The van der Waals surface area contributed by atoms with Crippen LogP contribution in [0.2, 0.25) is 0 Å². The minimum Gasteiger partial charge on any atom is -0.744 e. The summed E-state index contributed by atoms with van der Waals surface area (Å²) in [4.78, 5) is 9.61. The van der Waals surface area contributed by atoms with Crippen LogP contribution in [0.3, 0.4) is 0 Å². The molecular weight excluding hydrogens is 350 g/mol. The van der Waals surface area contributed by atoms with Gasteiger partial charge in [0.2, 0.25) is 0 Å². The highest BCUT2D eigenvalue weighted by Gasteiger charge is 2.16. The average molecular weight is 360 g/mol. The van der Waals surface area contributed by atoms with Crippen LogP contribution in [-0.2, 0) is 25.0 Å². The molecule has 0 aliphatic carbocycles. The fraction of sp³-hybridized carbons (Fsp3) is 0.0833. The van der Waals surface area contributed by atoms with Crippen LogP contribution >= 0.6 is 0 Å². The number of hydrogen-bond donors (Lipinski definition) is 2. The first-order chi connectivity index (χ1) is 10.5. The second-order valence-corrected chi connectivity index (χ2v) is 7.29. The molecule has 9 nitrogen and oxygen atoms in total. The first-order valence-electron chi connectivity index (χ1n) is 5.91. The summed E-state index contributed by atoms with van der Waals surface area (Å²) in [6, 6.07) is 5.07. The predicted molar refractivity (Wildman–Crippen MR) is 76.4 cm³/mol. The van der Waals surface area contributed by atoms with Crippen molar-refractivity contribution >= 4 is 36.9 Å². The van der Waals surface area contributed by atoms with E-state index in [1.165, 1.54) is 6.07 Å². The fourth-order valence-electron chi connectivity index (χ4n) is 1.86. The molecule has 0 bridgehead atoms. The number of amides is 1. The number of primary amides is 1. The summed E-state index contributed by atoms with van der Waals surface area (Å²) in [7, 11) is -9.39. The highest BCUT2D eigenvalue weighted by atomic mass is 32.2. The molecule has 2 rings (SSSR count). The molecule has 0 fully saturated rings. The maximum atomic E-state index is 11.3. The first kappa shape index (κ1) is 17.1. The van der Waals surface area contributed by atoms with Gasteiger partial charge in [0.05, 0.1) is 9.79 Å². The smallest absolute Gasteiger partial charge is 0.294 e. The third-order valence-corrected chi connectivity index (χ3v) is 4.48. The number of carbonyl (C=O) groups excluding carboxylic acids is 1. The van der Waals surface area contributed by atoms with Crippen LogP contribution in [-0.4, -0.2) is 38.5 Å². The van der Waals surface area contributed by atoms with Gasteiger partial charge in [-0.3, -0.25) is 9.35 Å². The Morgan fingerprint density at radius 1 is 1.13 bits per heavy atom. The molecule has 0 spiro atoms. The molecule has 0 heterocycles. The van der Waals surface area contributed by atoms with Crippen LogP contribution in [0.15, 0.2) is 40.1 Å². The monoisotopic (exact) mass is 360 g/mol. The van der Waals surface area contributed by atoms with Gasteiger partial charge in [0.1, 0.15) is 15.9 Å². The maximum absolute atomic E-state index is 11.3. The van der Waals surface area contributed by atoms with Crippen molar-refractivity contribution in [3.63, 3.8) is 0 Å². The molecule has 124 valence electrons. The van der Waals surface area contributed by atoms with Crippen LogP contribution in [0.4, 0.5) is 0 Å². The van der Waals surface area contributed by atoms with Crippen molar-refractivity contribution in [1.82, 2.24) is 0 Å². The number of benzene rings is 2. The van der Waals surface area contributed by atoms with Gasteiger partial charge in [0.15, 0.2) is 6.61 Å². The molecule has 0 aromatic heterocycles. The van der Waals surface area contributed by atoms with Crippen LogP contribution < -0.4 is 10.5 Å². The lowest BCUT2D eigenvalue weighted by Gasteiger charge is -2.12. The molecule has 0 aliphatic rings. The number of rotatable bonds is 5. The maximum Gasteiger partial charge on any atom is 0.294 e. The van der Waals surface area contributed by atoms with E-state index in [0.29, 0.717) is 0 Å². The third-order valence-electron chi connectivity index (χ3n) is 2.82. The van der Waals surface area contributed by atoms with Crippen molar-refractivity contribution in [1.29, 1.82) is 0 Å². The Morgan fingerprint density at radius 2 is 1.74 bits per heavy atom. The summed E-state index contributed by atoms with van der Waals surface area (Å²) in [6.07, 6.45) is 0. The van der Waals surface area contributed by atoms with E-state index >= 15 is 0 Å². The van der Waals surface area contributed by atoms with Crippen LogP contribution in [0, 0.1) is 0 Å². The van der Waals surface area contributed by atoms with E-state index in [0.717, 1.165) is 24.3 Å². The van der Waals surface area contributed by atoms with E-state index in [1.54, 1.807) is 0 Å². The number of fused-ring (bicyclic) bond motifs is 1. The fourth-order valence-corrected chi connectivity index (χ4v) is 2.90. The largest absolute Gasteiger partial charge is 0.744 e. The second-order valence-electron chi connectivity index (χ2n) is 4.49. The van der Waals surface area contributed by atoms with Crippen LogP contribution in [0.5, 0.6) is 5.75 Å². The van der Waals surface area contributed by atoms with E-state index in [9.17, 15) is 26.2 Å². The Kier molecular flexibility index (Phi) is 4.30. The summed E-state index contributed by atoms with van der Waals surface area (Å²) in [6.45, 7) is -0.564. The Labute approximate surface area is 131 Å². The second kappa shape index (κ2) is 5.77. The van der Waals surface area contributed by atoms with Gasteiger partial charge in [0.25, 0.3) is 16.0 Å². The lowest BCUT2D eigenvalue weighted by molar-refractivity contribution is -0.119. The lowest BCUT2D eigenvalue weighted by atomic mass is 10.1. The van der Waals surface area contributed by atoms with Gasteiger partial charge in [-0.2, -0.15) is 8.42 Å². The molecule has 2 aromatic carbocycles. The van der Waals surface area contributed by atoms with Crippen molar-refractivity contribution < 1.29 is 35.5 Å². The minimum absolute atomic E-state index is 0.0107. The number of ether oxygens (including phenoxy) is 1. The highest BCUT2D eigenvalue weighted by Crippen LogP contribution is 2.31. The molecule has 0 aliphatic heterocycles. The first-order valence-corrected chi connectivity index (χ1v) is 8.75. The van der Waals surface area contributed by atoms with E-state index in [-0.39, 0.29) is 16.5 Å². The van der Waals surface area contributed by atoms with Crippen molar-refractivity contribution in [2.45, 2.75) is 9.79 Å². The number of hydrogen-bond acceptors (Lipinski definition) is 7. The van der Waals surface area contributed by atoms with Crippen molar-refractivity contribution in [3.8, 4) is 5.75 Å².